The molecule has 0 fully saturated rings. The molecule has 2 aromatic carbocycles. The molecule has 0 unspecified atom stereocenters. The highest BCUT2D eigenvalue weighted by atomic mass is 32.1. The minimum absolute atomic E-state index is 0.0896. The third-order valence-electron chi connectivity index (χ3n) is 4.74. The molecule has 0 spiro atoms. The molecular weight excluding hydrogens is 470 g/mol. The van der Waals surface area contributed by atoms with Gasteiger partial charge in [0.05, 0.1) is 4.92 Å². The standard InChI is InChI=1S/C24H21N5O5S/c1-15(2)16-3-5-19(6-4-16)27-23(31)18(13-25)11-17-12-20(29(32)33)7-8-21(17)34-14-22(30)28-24-26-9-10-35-24/h3-12,15H,14H2,1-2H3,(H,27,31)(H,26,28,30). The molecule has 2 N–H and O–H groups in total. The first kappa shape index (κ1) is 25.1. The zero-order valence-electron chi connectivity index (χ0n) is 18.8. The number of nitro benzene ring substituents is 1. The van der Waals surface area contributed by atoms with Crippen LogP contribution in [0.15, 0.2) is 59.6 Å². The summed E-state index contributed by atoms with van der Waals surface area (Å²) in [6, 6.07) is 12.7. The van der Waals surface area contributed by atoms with Crippen LogP contribution in [0.25, 0.3) is 6.08 Å². The Bertz CT molecular complexity index is 1290. The number of amides is 2. The largest absolute Gasteiger partial charge is 0.483 e. The van der Waals surface area contributed by atoms with Crippen molar-refractivity contribution >= 4 is 45.7 Å². The van der Waals surface area contributed by atoms with Crippen molar-refractivity contribution in [3.63, 3.8) is 0 Å². The van der Waals surface area contributed by atoms with Crippen LogP contribution in [0.3, 0.4) is 0 Å². The van der Waals surface area contributed by atoms with Crippen LogP contribution >= 0.6 is 11.3 Å². The molecule has 10 nitrogen and oxygen atoms in total. The number of ether oxygens (including phenoxy) is 1. The quantitative estimate of drug-likeness (QED) is 0.190. The zero-order chi connectivity index (χ0) is 25.4. The normalized spacial score (nSPS) is 11.0. The lowest BCUT2D eigenvalue weighted by Gasteiger charge is -2.10. The first-order chi connectivity index (χ1) is 16.8. The molecule has 0 aliphatic rings. The van der Waals surface area contributed by atoms with Crippen LogP contribution in [0.1, 0.15) is 30.9 Å². The molecule has 1 heterocycles. The Balaban J connectivity index is 1.81. The minimum atomic E-state index is -0.691. The number of hydrogen-bond acceptors (Lipinski definition) is 8. The molecule has 0 aliphatic carbocycles. The monoisotopic (exact) mass is 491 g/mol. The molecule has 0 aliphatic heterocycles. The number of carbonyl (C=O) groups excluding carboxylic acids is 2. The third kappa shape index (κ3) is 6.96. The van der Waals surface area contributed by atoms with Crippen LogP contribution in [0, 0.1) is 21.4 Å². The second-order valence-corrected chi connectivity index (χ2v) is 8.45. The van der Waals surface area contributed by atoms with Crippen molar-refractivity contribution in [1.82, 2.24) is 4.98 Å². The van der Waals surface area contributed by atoms with Crippen molar-refractivity contribution in [2.45, 2.75) is 19.8 Å². The highest BCUT2D eigenvalue weighted by Crippen LogP contribution is 2.27. The Kier molecular flexibility index (Phi) is 8.26. The van der Waals surface area contributed by atoms with Gasteiger partial charge in [0.15, 0.2) is 11.7 Å². The number of nitrogens with one attached hydrogen (secondary N) is 2. The van der Waals surface area contributed by atoms with Crippen molar-refractivity contribution in [3.05, 3.63) is 80.9 Å². The van der Waals surface area contributed by atoms with E-state index in [2.05, 4.69) is 15.6 Å². The van der Waals surface area contributed by atoms with Gasteiger partial charge in [-0.2, -0.15) is 5.26 Å². The average Bonchev–Trinajstić information content (AvgIpc) is 3.34. The van der Waals surface area contributed by atoms with Crippen molar-refractivity contribution in [3.8, 4) is 11.8 Å². The predicted molar refractivity (Wildman–Crippen MR) is 132 cm³/mol. The molecule has 0 saturated carbocycles. The van der Waals surface area contributed by atoms with Gasteiger partial charge < -0.3 is 10.1 Å². The Morgan fingerprint density at radius 3 is 2.57 bits per heavy atom. The molecule has 11 heteroatoms. The molecule has 3 aromatic rings. The van der Waals surface area contributed by atoms with Gasteiger partial charge in [0, 0.05) is 35.0 Å². The lowest BCUT2D eigenvalue weighted by molar-refractivity contribution is -0.384. The van der Waals surface area contributed by atoms with Crippen LogP contribution < -0.4 is 15.4 Å². The summed E-state index contributed by atoms with van der Waals surface area (Å²) in [5.41, 5.74) is 1.13. The fraction of sp³-hybridized carbons (Fsp3) is 0.167. The lowest BCUT2D eigenvalue weighted by Crippen LogP contribution is -2.20. The Morgan fingerprint density at radius 2 is 1.97 bits per heavy atom. The van der Waals surface area contributed by atoms with Gasteiger partial charge in [0.25, 0.3) is 17.5 Å². The molecule has 0 radical (unpaired) electrons. The van der Waals surface area contributed by atoms with Gasteiger partial charge in [0.2, 0.25) is 0 Å². The van der Waals surface area contributed by atoms with Gasteiger partial charge in [-0.25, -0.2) is 4.98 Å². The van der Waals surface area contributed by atoms with Gasteiger partial charge in [-0.3, -0.25) is 25.0 Å². The summed E-state index contributed by atoms with van der Waals surface area (Å²) in [4.78, 5) is 39.4. The number of nitrogens with zero attached hydrogens (tertiary/aromatic N) is 3. The average molecular weight is 492 g/mol. The molecule has 0 bridgehead atoms. The van der Waals surface area contributed by atoms with Crippen LogP contribution in [0.5, 0.6) is 5.75 Å². The van der Waals surface area contributed by atoms with Gasteiger partial charge in [-0.1, -0.05) is 26.0 Å². The van der Waals surface area contributed by atoms with E-state index in [4.69, 9.17) is 4.74 Å². The SMILES string of the molecule is CC(C)c1ccc(NC(=O)C(C#N)=Cc2cc([N+](=O)[O-])ccc2OCC(=O)Nc2nccs2)cc1. The number of non-ortho nitro benzene ring substituents is 1. The number of aromatic nitrogens is 1. The highest BCUT2D eigenvalue weighted by Gasteiger charge is 2.16. The number of benzene rings is 2. The predicted octanol–water partition coefficient (Wildman–Crippen LogP) is 4.74. The summed E-state index contributed by atoms with van der Waals surface area (Å²) in [6.45, 7) is 3.69. The Morgan fingerprint density at radius 1 is 1.23 bits per heavy atom. The van der Waals surface area contributed by atoms with Gasteiger partial charge in [0.1, 0.15) is 17.4 Å². The molecule has 0 saturated heterocycles. The Hall–Kier alpha value is -4.56. The number of nitro groups is 1. The summed E-state index contributed by atoms with van der Waals surface area (Å²) in [5.74, 6) is -0.767. The second kappa shape index (κ2) is 11.5. The fourth-order valence-corrected chi connectivity index (χ4v) is 3.48. The first-order valence-corrected chi connectivity index (χ1v) is 11.3. The third-order valence-corrected chi connectivity index (χ3v) is 5.43. The van der Waals surface area contributed by atoms with E-state index in [-0.39, 0.29) is 22.6 Å². The van der Waals surface area contributed by atoms with E-state index in [9.17, 15) is 25.0 Å². The number of carbonyl (C=O) groups is 2. The van der Waals surface area contributed by atoms with E-state index < -0.39 is 23.3 Å². The van der Waals surface area contributed by atoms with Crippen molar-refractivity contribution in [2.75, 3.05) is 17.2 Å². The van der Waals surface area contributed by atoms with Crippen LogP contribution in [-0.2, 0) is 9.59 Å². The molecular formula is C24H21N5O5S. The highest BCUT2D eigenvalue weighted by molar-refractivity contribution is 7.13. The zero-order valence-corrected chi connectivity index (χ0v) is 19.7. The summed E-state index contributed by atoms with van der Waals surface area (Å²) < 4.78 is 5.52. The minimum Gasteiger partial charge on any atom is -0.483 e. The fourth-order valence-electron chi connectivity index (χ4n) is 2.93. The number of nitriles is 1. The molecule has 35 heavy (non-hydrogen) atoms. The smallest absolute Gasteiger partial charge is 0.270 e. The number of anilines is 2. The van der Waals surface area contributed by atoms with E-state index >= 15 is 0 Å². The van der Waals surface area contributed by atoms with E-state index in [0.29, 0.717) is 16.7 Å². The topological polar surface area (TPSA) is 147 Å². The number of rotatable bonds is 9. The number of hydrogen-bond donors (Lipinski definition) is 2. The van der Waals surface area contributed by atoms with E-state index in [1.807, 2.05) is 32.0 Å². The Labute approximate surface area is 205 Å². The van der Waals surface area contributed by atoms with Crippen molar-refractivity contribution in [2.24, 2.45) is 0 Å². The molecule has 178 valence electrons. The second-order valence-electron chi connectivity index (χ2n) is 7.55. The summed E-state index contributed by atoms with van der Waals surface area (Å²) in [5, 5.41) is 28.1. The van der Waals surface area contributed by atoms with E-state index in [0.717, 1.165) is 11.6 Å². The maximum Gasteiger partial charge on any atom is 0.270 e. The summed E-state index contributed by atoms with van der Waals surface area (Å²) in [7, 11) is 0. The maximum atomic E-state index is 12.7. The number of thiazole rings is 1. The summed E-state index contributed by atoms with van der Waals surface area (Å²) >= 11 is 1.23. The van der Waals surface area contributed by atoms with Gasteiger partial charge >= 0.3 is 0 Å². The van der Waals surface area contributed by atoms with Gasteiger partial charge in [-0.15, -0.1) is 11.3 Å². The molecule has 3 rings (SSSR count). The van der Waals surface area contributed by atoms with E-state index in [1.54, 1.807) is 17.5 Å². The van der Waals surface area contributed by atoms with Crippen molar-refractivity contribution < 1.29 is 19.2 Å². The lowest BCUT2D eigenvalue weighted by atomic mass is 10.0. The summed E-state index contributed by atoms with van der Waals surface area (Å²) in [6.07, 6.45) is 2.71. The van der Waals surface area contributed by atoms with Crippen LogP contribution in [0.4, 0.5) is 16.5 Å². The van der Waals surface area contributed by atoms with Crippen molar-refractivity contribution in [1.29, 1.82) is 5.26 Å². The van der Waals surface area contributed by atoms with Crippen LogP contribution in [-0.4, -0.2) is 28.3 Å². The maximum absolute atomic E-state index is 12.7. The molecule has 2 amide bonds. The van der Waals surface area contributed by atoms with Crippen LogP contribution in [0.2, 0.25) is 0 Å². The van der Waals surface area contributed by atoms with Gasteiger partial charge in [-0.05, 0) is 35.8 Å². The first-order valence-electron chi connectivity index (χ1n) is 10.4. The molecule has 1 aromatic heterocycles. The molecule has 0 atom stereocenters. The van der Waals surface area contributed by atoms with E-state index in [1.165, 1.54) is 35.7 Å².